The molecule has 0 atom stereocenters. The fourth-order valence-corrected chi connectivity index (χ4v) is 1.40. The molecule has 0 aliphatic carbocycles. The topological polar surface area (TPSA) is 52.1 Å². The van der Waals surface area contributed by atoms with Crippen LogP contribution in [0.1, 0.15) is 16.1 Å². The number of ether oxygens (including phenoxy) is 1. The molecule has 0 aliphatic heterocycles. The zero-order valence-corrected chi connectivity index (χ0v) is 8.52. The third-order valence-electron chi connectivity index (χ3n) is 2.10. The SMILES string of the molecule is COC(=O)c1cccc2ncc(C)nc12. The van der Waals surface area contributed by atoms with Crippen LogP contribution in [0, 0.1) is 6.92 Å². The minimum absolute atomic E-state index is 0.388. The number of rotatable bonds is 1. The molecule has 0 saturated heterocycles. The van der Waals surface area contributed by atoms with Gasteiger partial charge in [-0.15, -0.1) is 0 Å². The van der Waals surface area contributed by atoms with E-state index in [1.54, 1.807) is 18.3 Å². The van der Waals surface area contributed by atoms with E-state index in [-0.39, 0.29) is 5.97 Å². The Balaban J connectivity index is 2.74. The molecule has 0 radical (unpaired) electrons. The Bertz CT molecular complexity index is 523. The lowest BCUT2D eigenvalue weighted by Gasteiger charge is -2.03. The number of hydrogen-bond acceptors (Lipinski definition) is 4. The predicted molar refractivity (Wildman–Crippen MR) is 55.6 cm³/mol. The van der Waals surface area contributed by atoms with Crippen LogP contribution in [-0.4, -0.2) is 23.0 Å². The molecule has 76 valence electrons. The Morgan fingerprint density at radius 1 is 1.40 bits per heavy atom. The van der Waals surface area contributed by atoms with E-state index >= 15 is 0 Å². The van der Waals surface area contributed by atoms with Gasteiger partial charge in [-0.05, 0) is 19.1 Å². The van der Waals surface area contributed by atoms with Crippen molar-refractivity contribution in [1.29, 1.82) is 0 Å². The summed E-state index contributed by atoms with van der Waals surface area (Å²) in [7, 11) is 1.35. The molecule has 15 heavy (non-hydrogen) atoms. The van der Waals surface area contributed by atoms with E-state index in [2.05, 4.69) is 14.7 Å². The van der Waals surface area contributed by atoms with Crippen LogP contribution in [0.15, 0.2) is 24.4 Å². The van der Waals surface area contributed by atoms with Crippen molar-refractivity contribution in [3.63, 3.8) is 0 Å². The van der Waals surface area contributed by atoms with E-state index in [1.165, 1.54) is 7.11 Å². The summed E-state index contributed by atoms with van der Waals surface area (Å²) in [6.07, 6.45) is 1.67. The molecule has 0 aliphatic rings. The van der Waals surface area contributed by atoms with E-state index in [1.807, 2.05) is 13.0 Å². The summed E-state index contributed by atoms with van der Waals surface area (Å²) < 4.78 is 4.68. The van der Waals surface area contributed by atoms with Crippen molar-refractivity contribution in [2.24, 2.45) is 0 Å². The van der Waals surface area contributed by atoms with Crippen LogP contribution < -0.4 is 0 Å². The number of nitrogens with zero attached hydrogens (tertiary/aromatic N) is 2. The highest BCUT2D eigenvalue weighted by Gasteiger charge is 2.11. The van der Waals surface area contributed by atoms with Crippen molar-refractivity contribution in [3.05, 3.63) is 35.7 Å². The van der Waals surface area contributed by atoms with Gasteiger partial charge in [0.05, 0.1) is 23.9 Å². The number of esters is 1. The molecule has 0 spiro atoms. The second kappa shape index (κ2) is 3.65. The number of fused-ring (bicyclic) bond motifs is 1. The summed E-state index contributed by atoms with van der Waals surface area (Å²) in [5.41, 5.74) is 2.51. The van der Waals surface area contributed by atoms with E-state index < -0.39 is 0 Å². The molecule has 0 saturated carbocycles. The molecule has 0 fully saturated rings. The van der Waals surface area contributed by atoms with Crippen molar-refractivity contribution >= 4 is 17.0 Å². The van der Waals surface area contributed by atoms with Crippen molar-refractivity contribution < 1.29 is 9.53 Å². The lowest BCUT2D eigenvalue weighted by Crippen LogP contribution is -2.03. The fraction of sp³-hybridized carbons (Fsp3) is 0.182. The summed E-state index contributed by atoms with van der Waals surface area (Å²) in [5.74, 6) is -0.388. The minimum Gasteiger partial charge on any atom is -0.465 e. The standard InChI is InChI=1S/C11H10N2O2/c1-7-6-12-9-5-3-4-8(10(9)13-7)11(14)15-2/h3-6H,1-2H3. The molecule has 0 bridgehead atoms. The molecule has 0 amide bonds. The van der Waals surface area contributed by atoms with Gasteiger partial charge in [0, 0.05) is 6.20 Å². The van der Waals surface area contributed by atoms with Gasteiger partial charge in [0.1, 0.15) is 5.52 Å². The average Bonchev–Trinajstić information content (AvgIpc) is 2.27. The first kappa shape index (κ1) is 9.58. The lowest BCUT2D eigenvalue weighted by molar-refractivity contribution is 0.0603. The number of aryl methyl sites for hydroxylation is 1. The van der Waals surface area contributed by atoms with Crippen molar-refractivity contribution in [3.8, 4) is 0 Å². The Morgan fingerprint density at radius 2 is 2.20 bits per heavy atom. The highest BCUT2D eigenvalue weighted by atomic mass is 16.5. The number of para-hydroxylation sites is 1. The van der Waals surface area contributed by atoms with Gasteiger partial charge < -0.3 is 4.74 Å². The van der Waals surface area contributed by atoms with Gasteiger partial charge in [0.2, 0.25) is 0 Å². The van der Waals surface area contributed by atoms with Gasteiger partial charge in [-0.1, -0.05) is 6.07 Å². The van der Waals surface area contributed by atoms with E-state index in [0.717, 1.165) is 5.69 Å². The Kier molecular flexibility index (Phi) is 2.33. The first-order valence-electron chi connectivity index (χ1n) is 4.53. The van der Waals surface area contributed by atoms with E-state index in [9.17, 15) is 4.79 Å². The summed E-state index contributed by atoms with van der Waals surface area (Å²) in [6.45, 7) is 1.83. The molecule has 2 aromatic rings. The van der Waals surface area contributed by atoms with Gasteiger partial charge in [-0.25, -0.2) is 9.78 Å². The van der Waals surface area contributed by atoms with Crippen LogP contribution in [0.3, 0.4) is 0 Å². The summed E-state index contributed by atoms with van der Waals surface area (Å²) in [6, 6.07) is 5.26. The van der Waals surface area contributed by atoms with Crippen molar-refractivity contribution in [1.82, 2.24) is 9.97 Å². The van der Waals surface area contributed by atoms with Crippen molar-refractivity contribution in [2.75, 3.05) is 7.11 Å². The molecule has 2 rings (SSSR count). The quantitative estimate of drug-likeness (QED) is 0.661. The second-order valence-electron chi connectivity index (χ2n) is 3.18. The third kappa shape index (κ3) is 1.66. The van der Waals surface area contributed by atoms with Gasteiger partial charge in [-0.3, -0.25) is 4.98 Å². The van der Waals surface area contributed by atoms with E-state index in [4.69, 9.17) is 0 Å². The minimum atomic E-state index is -0.388. The summed E-state index contributed by atoms with van der Waals surface area (Å²) in [5, 5.41) is 0. The molecule has 1 aromatic heterocycles. The second-order valence-corrected chi connectivity index (χ2v) is 3.18. The van der Waals surface area contributed by atoms with Gasteiger partial charge in [-0.2, -0.15) is 0 Å². The molecule has 4 nitrogen and oxygen atoms in total. The fourth-order valence-electron chi connectivity index (χ4n) is 1.40. The molecule has 1 heterocycles. The molecule has 4 heteroatoms. The van der Waals surface area contributed by atoms with Crippen LogP contribution in [0.25, 0.3) is 11.0 Å². The zero-order valence-electron chi connectivity index (χ0n) is 8.52. The first-order valence-corrected chi connectivity index (χ1v) is 4.53. The van der Waals surface area contributed by atoms with Crippen molar-refractivity contribution in [2.45, 2.75) is 6.92 Å². The highest BCUT2D eigenvalue weighted by molar-refractivity contribution is 6.01. The van der Waals surface area contributed by atoms with Gasteiger partial charge in [0.15, 0.2) is 0 Å². The number of carbonyl (C=O) groups excluding carboxylic acids is 1. The van der Waals surface area contributed by atoms with Crippen LogP contribution >= 0.6 is 0 Å². The molecular weight excluding hydrogens is 192 g/mol. The van der Waals surface area contributed by atoms with Crippen LogP contribution in [-0.2, 0) is 4.74 Å². The number of hydrogen-bond donors (Lipinski definition) is 0. The molecule has 0 N–H and O–H groups in total. The smallest absolute Gasteiger partial charge is 0.340 e. The van der Waals surface area contributed by atoms with Crippen LogP contribution in [0.4, 0.5) is 0 Å². The summed E-state index contributed by atoms with van der Waals surface area (Å²) >= 11 is 0. The number of benzene rings is 1. The molecular formula is C11H10N2O2. The lowest BCUT2D eigenvalue weighted by atomic mass is 10.2. The maximum absolute atomic E-state index is 11.4. The Hall–Kier alpha value is -1.97. The molecule has 0 unspecified atom stereocenters. The first-order chi connectivity index (χ1) is 7.22. The van der Waals surface area contributed by atoms with Gasteiger partial charge >= 0.3 is 5.97 Å². The normalized spacial score (nSPS) is 10.3. The maximum atomic E-state index is 11.4. The summed E-state index contributed by atoms with van der Waals surface area (Å²) in [4.78, 5) is 19.9. The molecule has 1 aromatic carbocycles. The predicted octanol–water partition coefficient (Wildman–Crippen LogP) is 1.72. The zero-order chi connectivity index (χ0) is 10.8. The Morgan fingerprint density at radius 3 is 2.93 bits per heavy atom. The third-order valence-corrected chi connectivity index (χ3v) is 2.10. The largest absolute Gasteiger partial charge is 0.465 e. The number of methoxy groups -OCH3 is 1. The monoisotopic (exact) mass is 202 g/mol. The average molecular weight is 202 g/mol. The van der Waals surface area contributed by atoms with Crippen LogP contribution in [0.2, 0.25) is 0 Å². The Labute approximate surface area is 86.9 Å². The number of carbonyl (C=O) groups is 1. The van der Waals surface area contributed by atoms with E-state index in [0.29, 0.717) is 16.6 Å². The van der Waals surface area contributed by atoms with Gasteiger partial charge in [0.25, 0.3) is 0 Å². The number of aromatic nitrogens is 2. The van der Waals surface area contributed by atoms with Crippen LogP contribution in [0.5, 0.6) is 0 Å². The maximum Gasteiger partial charge on any atom is 0.340 e. The highest BCUT2D eigenvalue weighted by Crippen LogP contribution is 2.15.